The lowest BCUT2D eigenvalue weighted by Crippen LogP contribution is -2.48. The summed E-state index contributed by atoms with van der Waals surface area (Å²) in [5.41, 5.74) is 1.24. The predicted molar refractivity (Wildman–Crippen MR) is 106 cm³/mol. The number of carbonyl (C=O) groups excluding carboxylic acids is 2. The van der Waals surface area contributed by atoms with Gasteiger partial charge in [0.15, 0.2) is 0 Å². The maximum Gasteiger partial charge on any atom is 0.248 e. The first-order chi connectivity index (χ1) is 13.2. The number of rotatable bonds is 6. The molecule has 2 saturated heterocycles. The summed E-state index contributed by atoms with van der Waals surface area (Å²) in [5, 5.41) is 0. The van der Waals surface area contributed by atoms with Crippen molar-refractivity contribution in [3.05, 3.63) is 30.3 Å². The van der Waals surface area contributed by atoms with Gasteiger partial charge in [0.25, 0.3) is 0 Å². The highest BCUT2D eigenvalue weighted by molar-refractivity contribution is 5.77. The molecule has 27 heavy (non-hydrogen) atoms. The van der Waals surface area contributed by atoms with E-state index in [9.17, 15) is 9.59 Å². The highest BCUT2D eigenvalue weighted by atomic mass is 16.5. The Kier molecular flexibility index (Phi) is 7.10. The van der Waals surface area contributed by atoms with E-state index in [1.165, 1.54) is 5.69 Å². The van der Waals surface area contributed by atoms with E-state index < -0.39 is 0 Å². The van der Waals surface area contributed by atoms with Gasteiger partial charge in [0, 0.05) is 58.5 Å². The average Bonchev–Trinajstić information content (AvgIpc) is 2.73. The first kappa shape index (κ1) is 19.7. The first-order valence-electron chi connectivity index (χ1n) is 10.0. The second kappa shape index (κ2) is 9.74. The Morgan fingerprint density at radius 2 is 1.56 bits per heavy atom. The molecule has 6 nitrogen and oxygen atoms in total. The van der Waals surface area contributed by atoms with Crippen molar-refractivity contribution in [1.29, 1.82) is 0 Å². The van der Waals surface area contributed by atoms with Crippen molar-refractivity contribution in [3.63, 3.8) is 0 Å². The van der Waals surface area contributed by atoms with E-state index in [-0.39, 0.29) is 18.4 Å². The van der Waals surface area contributed by atoms with Crippen LogP contribution in [0.15, 0.2) is 30.3 Å². The number of nitrogens with zero attached hydrogens (tertiary/aromatic N) is 3. The van der Waals surface area contributed by atoms with E-state index in [2.05, 4.69) is 29.2 Å². The summed E-state index contributed by atoms with van der Waals surface area (Å²) in [4.78, 5) is 30.6. The van der Waals surface area contributed by atoms with Gasteiger partial charge in [-0.05, 0) is 37.3 Å². The molecule has 2 heterocycles. The molecule has 2 aliphatic heterocycles. The molecular formula is C21H31N3O3. The molecule has 3 rings (SSSR count). The molecule has 0 saturated carbocycles. The Hall–Kier alpha value is -2.08. The van der Waals surface area contributed by atoms with E-state index in [4.69, 9.17) is 4.74 Å². The van der Waals surface area contributed by atoms with Crippen molar-refractivity contribution < 1.29 is 14.3 Å². The number of piperazine rings is 1. The summed E-state index contributed by atoms with van der Waals surface area (Å²) in [5.74, 6) is 0.898. The third kappa shape index (κ3) is 5.45. The molecule has 6 heteroatoms. The summed E-state index contributed by atoms with van der Waals surface area (Å²) in [6, 6.07) is 10.4. The maximum absolute atomic E-state index is 12.6. The predicted octanol–water partition coefficient (Wildman–Crippen LogP) is 2.00. The van der Waals surface area contributed by atoms with Crippen molar-refractivity contribution in [2.24, 2.45) is 5.92 Å². The zero-order chi connectivity index (χ0) is 19.1. The average molecular weight is 373 g/mol. The summed E-state index contributed by atoms with van der Waals surface area (Å²) in [6.07, 6.45) is 3.54. The fraction of sp³-hybridized carbons (Fsp3) is 0.619. The number of likely N-dealkylation sites (tertiary alicyclic amines) is 1. The fourth-order valence-corrected chi connectivity index (χ4v) is 4.02. The Bertz CT molecular complexity index is 606. The lowest BCUT2D eigenvalue weighted by atomic mass is 9.92. The van der Waals surface area contributed by atoms with Gasteiger partial charge in [-0.1, -0.05) is 18.2 Å². The Labute approximate surface area is 162 Å². The van der Waals surface area contributed by atoms with Crippen LogP contribution in [-0.4, -0.2) is 74.6 Å². The molecule has 1 aromatic carbocycles. The zero-order valence-corrected chi connectivity index (χ0v) is 16.3. The second-order valence-corrected chi connectivity index (χ2v) is 7.50. The van der Waals surface area contributed by atoms with Gasteiger partial charge < -0.3 is 19.4 Å². The van der Waals surface area contributed by atoms with Crippen LogP contribution >= 0.6 is 0 Å². The molecule has 148 valence electrons. The normalized spacial score (nSPS) is 18.6. The van der Waals surface area contributed by atoms with Gasteiger partial charge in [-0.15, -0.1) is 0 Å². The molecule has 0 N–H and O–H groups in total. The van der Waals surface area contributed by atoms with Crippen LogP contribution in [0.2, 0.25) is 0 Å². The minimum atomic E-state index is 0.0725. The summed E-state index contributed by atoms with van der Waals surface area (Å²) in [7, 11) is 1.55. The Balaban J connectivity index is 1.35. The minimum absolute atomic E-state index is 0.0725. The van der Waals surface area contributed by atoms with Gasteiger partial charge in [0.1, 0.15) is 6.61 Å². The number of hydrogen-bond acceptors (Lipinski definition) is 4. The molecule has 0 unspecified atom stereocenters. The Morgan fingerprint density at radius 1 is 0.926 bits per heavy atom. The first-order valence-corrected chi connectivity index (χ1v) is 10.0. The van der Waals surface area contributed by atoms with Crippen LogP contribution in [0.25, 0.3) is 0 Å². The number of methoxy groups -OCH3 is 1. The van der Waals surface area contributed by atoms with E-state index in [1.54, 1.807) is 7.11 Å². The lowest BCUT2D eigenvalue weighted by molar-refractivity contribution is -0.137. The number of anilines is 1. The summed E-state index contributed by atoms with van der Waals surface area (Å²) >= 11 is 0. The largest absolute Gasteiger partial charge is 0.375 e. The van der Waals surface area contributed by atoms with Crippen LogP contribution < -0.4 is 4.90 Å². The van der Waals surface area contributed by atoms with E-state index in [0.717, 1.165) is 58.5 Å². The van der Waals surface area contributed by atoms with Crippen LogP contribution in [0.5, 0.6) is 0 Å². The van der Waals surface area contributed by atoms with Crippen LogP contribution in [0.3, 0.4) is 0 Å². The molecular weight excluding hydrogens is 342 g/mol. The third-order valence-corrected chi connectivity index (χ3v) is 5.76. The van der Waals surface area contributed by atoms with Crippen molar-refractivity contribution in [2.45, 2.75) is 25.7 Å². The Morgan fingerprint density at radius 3 is 2.19 bits per heavy atom. The maximum atomic E-state index is 12.6. The highest BCUT2D eigenvalue weighted by Gasteiger charge is 2.25. The molecule has 0 radical (unpaired) electrons. The topological polar surface area (TPSA) is 53.1 Å². The zero-order valence-electron chi connectivity index (χ0n) is 16.3. The summed E-state index contributed by atoms with van der Waals surface area (Å²) in [6.45, 7) is 5.15. The molecule has 2 amide bonds. The van der Waals surface area contributed by atoms with Gasteiger partial charge in [-0.3, -0.25) is 9.59 Å². The van der Waals surface area contributed by atoms with Gasteiger partial charge >= 0.3 is 0 Å². The number of benzene rings is 1. The fourth-order valence-electron chi connectivity index (χ4n) is 4.02. The SMILES string of the molecule is COCC(=O)N1CCC(CCC(=O)N2CCN(c3ccccc3)CC2)CC1. The van der Waals surface area contributed by atoms with Gasteiger partial charge in [-0.25, -0.2) is 0 Å². The molecule has 0 bridgehead atoms. The number of piperidine rings is 1. The van der Waals surface area contributed by atoms with E-state index >= 15 is 0 Å². The molecule has 2 fully saturated rings. The quantitative estimate of drug-likeness (QED) is 0.765. The number of amides is 2. The van der Waals surface area contributed by atoms with Crippen molar-refractivity contribution in [3.8, 4) is 0 Å². The van der Waals surface area contributed by atoms with E-state index in [1.807, 2.05) is 15.9 Å². The van der Waals surface area contributed by atoms with Gasteiger partial charge in [0.2, 0.25) is 11.8 Å². The van der Waals surface area contributed by atoms with Crippen molar-refractivity contribution in [1.82, 2.24) is 9.80 Å². The lowest BCUT2D eigenvalue weighted by Gasteiger charge is -2.36. The highest BCUT2D eigenvalue weighted by Crippen LogP contribution is 2.23. The molecule has 0 aromatic heterocycles. The van der Waals surface area contributed by atoms with Crippen LogP contribution in [0.4, 0.5) is 5.69 Å². The molecule has 2 aliphatic rings. The third-order valence-electron chi connectivity index (χ3n) is 5.76. The minimum Gasteiger partial charge on any atom is -0.375 e. The van der Waals surface area contributed by atoms with Crippen LogP contribution in [0, 0.1) is 5.92 Å². The summed E-state index contributed by atoms with van der Waals surface area (Å²) < 4.78 is 4.92. The van der Waals surface area contributed by atoms with E-state index in [0.29, 0.717) is 12.3 Å². The van der Waals surface area contributed by atoms with Gasteiger partial charge in [0.05, 0.1) is 0 Å². The molecule has 0 spiro atoms. The van der Waals surface area contributed by atoms with Crippen LogP contribution in [0.1, 0.15) is 25.7 Å². The number of hydrogen-bond donors (Lipinski definition) is 0. The number of carbonyl (C=O) groups is 2. The molecule has 0 aliphatic carbocycles. The van der Waals surface area contributed by atoms with Crippen molar-refractivity contribution >= 4 is 17.5 Å². The van der Waals surface area contributed by atoms with Gasteiger partial charge in [-0.2, -0.15) is 0 Å². The second-order valence-electron chi connectivity index (χ2n) is 7.50. The van der Waals surface area contributed by atoms with Crippen molar-refractivity contribution in [2.75, 3.05) is 57.9 Å². The molecule has 0 atom stereocenters. The monoisotopic (exact) mass is 373 g/mol. The number of para-hydroxylation sites is 1. The van der Waals surface area contributed by atoms with Crippen LogP contribution in [-0.2, 0) is 14.3 Å². The molecule has 1 aromatic rings. The number of ether oxygens (including phenoxy) is 1. The smallest absolute Gasteiger partial charge is 0.248 e. The standard InChI is InChI=1S/C21H31N3O3/c1-27-17-21(26)23-11-9-18(10-12-23)7-8-20(25)24-15-13-22(14-16-24)19-5-3-2-4-6-19/h2-6,18H,7-17H2,1H3.